The Morgan fingerprint density at radius 1 is 1.33 bits per heavy atom. The van der Waals surface area contributed by atoms with E-state index in [2.05, 4.69) is 28.3 Å². The van der Waals surface area contributed by atoms with Crippen LogP contribution in [0.4, 0.5) is 11.5 Å². The summed E-state index contributed by atoms with van der Waals surface area (Å²) >= 11 is 0. The number of aryl methyl sites for hydroxylation is 2. The molecule has 0 saturated carbocycles. The first-order valence-electron chi connectivity index (χ1n) is 6.09. The number of nitrogens with zero attached hydrogens (tertiary/aromatic N) is 2. The number of hydrogen-bond acceptors (Lipinski definition) is 4. The Bertz CT molecular complexity index is 537. The van der Waals surface area contributed by atoms with Crippen molar-refractivity contribution in [1.29, 1.82) is 0 Å². The van der Waals surface area contributed by atoms with E-state index in [0.29, 0.717) is 18.1 Å². The van der Waals surface area contributed by atoms with Crippen LogP contribution >= 0.6 is 0 Å². The second kappa shape index (κ2) is 5.49. The number of nitrogens with two attached hydrogens (primary N) is 1. The van der Waals surface area contributed by atoms with E-state index in [9.17, 15) is 0 Å². The summed E-state index contributed by atoms with van der Waals surface area (Å²) in [6.45, 7) is 4.74. The topological polar surface area (TPSA) is 63.8 Å². The van der Waals surface area contributed by atoms with Gasteiger partial charge in [-0.25, -0.2) is 4.98 Å². The smallest absolute Gasteiger partial charge is 0.149 e. The first kappa shape index (κ1) is 12.4. The number of anilines is 2. The van der Waals surface area contributed by atoms with Gasteiger partial charge in [0.25, 0.3) is 0 Å². The van der Waals surface area contributed by atoms with Gasteiger partial charge in [-0.05, 0) is 36.6 Å². The maximum absolute atomic E-state index is 5.91. The molecular formula is C14H18N4. The molecule has 0 spiro atoms. The fourth-order valence-corrected chi connectivity index (χ4v) is 1.86. The van der Waals surface area contributed by atoms with Crippen molar-refractivity contribution in [3.63, 3.8) is 0 Å². The van der Waals surface area contributed by atoms with Crippen LogP contribution in [0.5, 0.6) is 0 Å². The molecule has 0 atom stereocenters. The second-order valence-electron chi connectivity index (χ2n) is 4.27. The normalized spacial score (nSPS) is 10.3. The standard InChI is InChI=1S/C14H18N4/c1-3-11-5-4-6-16-13(11)9-18-14-12(15)7-10(2)8-17-14/h4-8H,3,9,15H2,1-2H3,(H,17,18). The van der Waals surface area contributed by atoms with E-state index in [1.54, 1.807) is 6.20 Å². The number of nitrogens with one attached hydrogen (secondary N) is 1. The minimum Gasteiger partial charge on any atom is -0.396 e. The Morgan fingerprint density at radius 3 is 2.89 bits per heavy atom. The summed E-state index contributed by atoms with van der Waals surface area (Å²) in [5.74, 6) is 0.716. The maximum Gasteiger partial charge on any atom is 0.149 e. The third kappa shape index (κ3) is 2.77. The van der Waals surface area contributed by atoms with Gasteiger partial charge in [0.05, 0.1) is 17.9 Å². The van der Waals surface area contributed by atoms with Crippen molar-refractivity contribution in [2.45, 2.75) is 26.8 Å². The summed E-state index contributed by atoms with van der Waals surface area (Å²) in [7, 11) is 0. The highest BCUT2D eigenvalue weighted by Crippen LogP contribution is 2.17. The highest BCUT2D eigenvalue weighted by atomic mass is 15.0. The van der Waals surface area contributed by atoms with Crippen LogP contribution < -0.4 is 11.1 Å². The van der Waals surface area contributed by atoms with Gasteiger partial charge >= 0.3 is 0 Å². The first-order chi connectivity index (χ1) is 8.70. The van der Waals surface area contributed by atoms with Gasteiger partial charge in [0.1, 0.15) is 5.82 Å². The molecule has 4 nitrogen and oxygen atoms in total. The third-order valence-corrected chi connectivity index (χ3v) is 2.84. The molecule has 0 amide bonds. The van der Waals surface area contributed by atoms with Gasteiger partial charge in [-0.2, -0.15) is 0 Å². The molecule has 0 bridgehead atoms. The predicted molar refractivity (Wildman–Crippen MR) is 74.3 cm³/mol. The van der Waals surface area contributed by atoms with Crippen molar-refractivity contribution in [3.05, 3.63) is 47.4 Å². The predicted octanol–water partition coefficient (Wildman–Crippen LogP) is 2.54. The van der Waals surface area contributed by atoms with Crippen LogP contribution in [0.15, 0.2) is 30.6 Å². The van der Waals surface area contributed by atoms with Crippen molar-refractivity contribution in [2.24, 2.45) is 0 Å². The van der Waals surface area contributed by atoms with Crippen molar-refractivity contribution in [3.8, 4) is 0 Å². The Labute approximate surface area is 107 Å². The lowest BCUT2D eigenvalue weighted by atomic mass is 10.1. The first-order valence-corrected chi connectivity index (χ1v) is 6.09. The molecular weight excluding hydrogens is 224 g/mol. The molecule has 3 N–H and O–H groups in total. The number of rotatable bonds is 4. The monoisotopic (exact) mass is 242 g/mol. The SMILES string of the molecule is CCc1cccnc1CNc1ncc(C)cc1N. The summed E-state index contributed by atoms with van der Waals surface area (Å²) in [6.07, 6.45) is 4.58. The molecule has 0 aliphatic carbocycles. The molecule has 2 rings (SSSR count). The third-order valence-electron chi connectivity index (χ3n) is 2.84. The lowest BCUT2D eigenvalue weighted by molar-refractivity contribution is 0.965. The van der Waals surface area contributed by atoms with Gasteiger partial charge in [-0.1, -0.05) is 13.0 Å². The van der Waals surface area contributed by atoms with Gasteiger partial charge in [0.2, 0.25) is 0 Å². The number of aromatic nitrogens is 2. The molecule has 0 aromatic carbocycles. The van der Waals surface area contributed by atoms with Crippen molar-refractivity contribution in [2.75, 3.05) is 11.1 Å². The fourth-order valence-electron chi connectivity index (χ4n) is 1.86. The molecule has 0 fully saturated rings. The summed E-state index contributed by atoms with van der Waals surface area (Å²) in [5, 5.41) is 3.23. The van der Waals surface area contributed by atoms with E-state index in [0.717, 1.165) is 17.7 Å². The molecule has 0 radical (unpaired) electrons. The van der Waals surface area contributed by atoms with Crippen LogP contribution in [0.1, 0.15) is 23.7 Å². The molecule has 2 aromatic heterocycles. The second-order valence-corrected chi connectivity index (χ2v) is 4.27. The molecule has 4 heteroatoms. The molecule has 0 aliphatic rings. The summed E-state index contributed by atoms with van der Waals surface area (Å²) in [4.78, 5) is 8.67. The minimum atomic E-state index is 0.643. The number of hydrogen-bond donors (Lipinski definition) is 2. The lowest BCUT2D eigenvalue weighted by Crippen LogP contribution is -2.08. The van der Waals surface area contributed by atoms with E-state index in [-0.39, 0.29) is 0 Å². The molecule has 2 aromatic rings. The molecule has 0 unspecified atom stereocenters. The van der Waals surface area contributed by atoms with Crippen molar-refractivity contribution < 1.29 is 0 Å². The van der Waals surface area contributed by atoms with E-state index < -0.39 is 0 Å². The van der Waals surface area contributed by atoms with E-state index in [1.165, 1.54) is 5.56 Å². The molecule has 94 valence electrons. The summed E-state index contributed by atoms with van der Waals surface area (Å²) in [5.41, 5.74) is 9.93. The van der Waals surface area contributed by atoms with Crippen molar-refractivity contribution in [1.82, 2.24) is 9.97 Å². The van der Waals surface area contributed by atoms with Crippen LogP contribution in [0.3, 0.4) is 0 Å². The zero-order chi connectivity index (χ0) is 13.0. The molecule has 0 aliphatic heterocycles. The Kier molecular flexibility index (Phi) is 3.77. The average Bonchev–Trinajstić information content (AvgIpc) is 2.38. The van der Waals surface area contributed by atoms with Gasteiger partial charge in [-0.3, -0.25) is 4.98 Å². The van der Waals surface area contributed by atoms with Gasteiger partial charge in [0.15, 0.2) is 0 Å². The summed E-state index contributed by atoms with van der Waals surface area (Å²) in [6, 6.07) is 5.96. The van der Waals surface area contributed by atoms with Gasteiger partial charge in [-0.15, -0.1) is 0 Å². The van der Waals surface area contributed by atoms with Crippen LogP contribution in [0, 0.1) is 6.92 Å². The van der Waals surface area contributed by atoms with E-state index in [4.69, 9.17) is 5.73 Å². The number of pyridine rings is 2. The minimum absolute atomic E-state index is 0.643. The average molecular weight is 242 g/mol. The summed E-state index contributed by atoms with van der Waals surface area (Å²) < 4.78 is 0. The number of nitrogen functional groups attached to an aromatic ring is 1. The maximum atomic E-state index is 5.91. The van der Waals surface area contributed by atoms with Crippen molar-refractivity contribution >= 4 is 11.5 Å². The molecule has 0 saturated heterocycles. The van der Waals surface area contributed by atoms with Gasteiger partial charge < -0.3 is 11.1 Å². The van der Waals surface area contributed by atoms with E-state index >= 15 is 0 Å². The highest BCUT2D eigenvalue weighted by Gasteiger charge is 2.04. The quantitative estimate of drug-likeness (QED) is 0.864. The Hall–Kier alpha value is -2.10. The molecule has 2 heterocycles. The van der Waals surface area contributed by atoms with Gasteiger partial charge in [0, 0.05) is 12.4 Å². The molecule has 18 heavy (non-hydrogen) atoms. The largest absolute Gasteiger partial charge is 0.396 e. The van der Waals surface area contributed by atoms with Crippen LogP contribution in [-0.4, -0.2) is 9.97 Å². The van der Waals surface area contributed by atoms with Crippen LogP contribution in [0.2, 0.25) is 0 Å². The van der Waals surface area contributed by atoms with E-state index in [1.807, 2.05) is 25.3 Å². The fraction of sp³-hybridized carbons (Fsp3) is 0.286. The highest BCUT2D eigenvalue weighted by molar-refractivity contribution is 5.61. The Balaban J connectivity index is 2.11. The zero-order valence-corrected chi connectivity index (χ0v) is 10.8. The lowest BCUT2D eigenvalue weighted by Gasteiger charge is -2.10. The van der Waals surface area contributed by atoms with Crippen LogP contribution in [0.25, 0.3) is 0 Å². The van der Waals surface area contributed by atoms with Crippen LogP contribution in [-0.2, 0) is 13.0 Å². The Morgan fingerprint density at radius 2 is 2.17 bits per heavy atom. The zero-order valence-electron chi connectivity index (χ0n) is 10.8.